The first kappa shape index (κ1) is 7.08. The van der Waals surface area contributed by atoms with Crippen LogP contribution >= 0.6 is 0 Å². The predicted octanol–water partition coefficient (Wildman–Crippen LogP) is 1.29. The van der Waals surface area contributed by atoms with Crippen molar-refractivity contribution in [3.63, 3.8) is 0 Å². The van der Waals surface area contributed by atoms with Gasteiger partial charge in [0.1, 0.15) is 0 Å². The van der Waals surface area contributed by atoms with Gasteiger partial charge in [0.15, 0.2) is 0 Å². The topological polar surface area (TPSA) is 24.7 Å². The first-order valence-electron chi connectivity index (χ1n) is 2.52. The molecule has 0 aliphatic heterocycles. The summed E-state index contributed by atoms with van der Waals surface area (Å²) in [5, 5.41) is 0. The third-order valence-corrected chi connectivity index (χ3v) is 0.566. The Labute approximate surface area is 49.7 Å². The normalized spacial score (nSPS) is 11.1. The Morgan fingerprint density at radius 3 is 2.88 bits per heavy atom. The van der Waals surface area contributed by atoms with E-state index in [1.54, 1.807) is 18.5 Å². The lowest BCUT2D eigenvalue weighted by Crippen LogP contribution is -1.67. The van der Waals surface area contributed by atoms with E-state index in [-0.39, 0.29) is 0 Å². The van der Waals surface area contributed by atoms with Gasteiger partial charge in [0.05, 0.1) is 0 Å². The van der Waals surface area contributed by atoms with Crippen molar-refractivity contribution in [3.05, 3.63) is 12.3 Å². The van der Waals surface area contributed by atoms with Gasteiger partial charge in [0.25, 0.3) is 0 Å². The van der Waals surface area contributed by atoms with E-state index in [1.807, 2.05) is 6.92 Å². The van der Waals surface area contributed by atoms with Crippen LogP contribution in [0.25, 0.3) is 0 Å². The molecule has 0 aliphatic carbocycles. The molecule has 0 aromatic heterocycles. The number of hydrogen-bond acceptors (Lipinski definition) is 2. The van der Waals surface area contributed by atoms with E-state index in [1.165, 1.54) is 0 Å². The van der Waals surface area contributed by atoms with E-state index >= 15 is 0 Å². The van der Waals surface area contributed by atoms with Gasteiger partial charge in [-0.3, -0.25) is 9.98 Å². The Morgan fingerprint density at radius 1 is 1.62 bits per heavy atom. The van der Waals surface area contributed by atoms with Gasteiger partial charge in [-0.25, -0.2) is 0 Å². The van der Waals surface area contributed by atoms with Gasteiger partial charge in [-0.05, 0) is 19.7 Å². The van der Waals surface area contributed by atoms with Gasteiger partial charge in [0, 0.05) is 19.0 Å². The standard InChI is InChI=1S/C6H10N2/c1-3-8-6-4-5-7-2/h4-6H,2-3H2,1H3/b5-4-,8-6-. The fourth-order valence-corrected chi connectivity index (χ4v) is 0.266. The number of rotatable bonds is 3. The first-order chi connectivity index (χ1) is 3.91. The highest BCUT2D eigenvalue weighted by Gasteiger charge is 1.59. The molecule has 0 atom stereocenters. The molecule has 44 valence electrons. The summed E-state index contributed by atoms with van der Waals surface area (Å²) in [5.74, 6) is 0. The Morgan fingerprint density at radius 2 is 2.38 bits per heavy atom. The summed E-state index contributed by atoms with van der Waals surface area (Å²) in [6, 6.07) is 0. The van der Waals surface area contributed by atoms with Crippen molar-refractivity contribution in [3.8, 4) is 0 Å². The third kappa shape index (κ3) is 5.08. The lowest BCUT2D eigenvalue weighted by atomic mass is 10.6. The van der Waals surface area contributed by atoms with Crippen molar-refractivity contribution in [2.45, 2.75) is 6.92 Å². The molecule has 8 heavy (non-hydrogen) atoms. The molecule has 0 unspecified atom stereocenters. The van der Waals surface area contributed by atoms with Crippen LogP contribution in [0, 0.1) is 0 Å². The summed E-state index contributed by atoms with van der Waals surface area (Å²) in [6.07, 6.45) is 5.05. The first-order valence-corrected chi connectivity index (χ1v) is 2.52. The van der Waals surface area contributed by atoms with Crippen molar-refractivity contribution >= 4 is 12.9 Å². The monoisotopic (exact) mass is 110 g/mol. The van der Waals surface area contributed by atoms with Gasteiger partial charge in [-0.15, -0.1) is 0 Å². The van der Waals surface area contributed by atoms with Crippen molar-refractivity contribution in [1.29, 1.82) is 0 Å². The lowest BCUT2D eigenvalue weighted by Gasteiger charge is -1.72. The number of hydrogen-bond donors (Lipinski definition) is 0. The van der Waals surface area contributed by atoms with Gasteiger partial charge in [-0.1, -0.05) is 0 Å². The SMILES string of the molecule is C=N/C=C\C=N/CC. The molecule has 0 saturated carbocycles. The zero-order chi connectivity index (χ0) is 6.24. The van der Waals surface area contributed by atoms with E-state index < -0.39 is 0 Å². The molecular formula is C6H10N2. The summed E-state index contributed by atoms with van der Waals surface area (Å²) in [4.78, 5) is 7.40. The van der Waals surface area contributed by atoms with E-state index in [9.17, 15) is 0 Å². The number of nitrogens with zero attached hydrogens (tertiary/aromatic N) is 2. The zero-order valence-electron chi connectivity index (χ0n) is 5.04. The molecule has 0 aromatic carbocycles. The summed E-state index contributed by atoms with van der Waals surface area (Å²) in [5.41, 5.74) is 0. The third-order valence-electron chi connectivity index (χ3n) is 0.566. The Balaban J connectivity index is 3.26. The highest BCUT2D eigenvalue weighted by molar-refractivity contribution is 5.70. The van der Waals surface area contributed by atoms with Crippen LogP contribution in [0.15, 0.2) is 22.3 Å². The second-order valence-electron chi connectivity index (χ2n) is 1.17. The Bertz CT molecular complexity index is 103. The van der Waals surface area contributed by atoms with Gasteiger partial charge in [-0.2, -0.15) is 0 Å². The van der Waals surface area contributed by atoms with Crippen LogP contribution in [-0.4, -0.2) is 19.5 Å². The fourth-order valence-electron chi connectivity index (χ4n) is 0.266. The summed E-state index contributed by atoms with van der Waals surface area (Å²) < 4.78 is 0. The number of aliphatic imine (C=N–C) groups is 2. The molecule has 0 radical (unpaired) electrons. The molecule has 0 saturated heterocycles. The maximum Gasteiger partial charge on any atom is 0.0360 e. The zero-order valence-corrected chi connectivity index (χ0v) is 5.04. The molecule has 2 heteroatoms. The molecule has 0 heterocycles. The van der Waals surface area contributed by atoms with Crippen molar-refractivity contribution in [2.75, 3.05) is 6.54 Å². The highest BCUT2D eigenvalue weighted by atomic mass is 14.7. The van der Waals surface area contributed by atoms with Crippen LogP contribution in [0.2, 0.25) is 0 Å². The molecule has 0 aromatic rings. The summed E-state index contributed by atoms with van der Waals surface area (Å²) >= 11 is 0. The molecule has 0 rings (SSSR count). The van der Waals surface area contributed by atoms with Crippen molar-refractivity contribution in [2.24, 2.45) is 9.98 Å². The predicted molar refractivity (Wildman–Crippen MR) is 37.7 cm³/mol. The lowest BCUT2D eigenvalue weighted by molar-refractivity contribution is 1.14. The molecule has 0 N–H and O–H groups in total. The average molecular weight is 110 g/mol. The van der Waals surface area contributed by atoms with Crippen LogP contribution in [0.3, 0.4) is 0 Å². The molecule has 2 nitrogen and oxygen atoms in total. The highest BCUT2D eigenvalue weighted by Crippen LogP contribution is 1.68. The largest absolute Gasteiger partial charge is 0.293 e. The van der Waals surface area contributed by atoms with Gasteiger partial charge >= 0.3 is 0 Å². The van der Waals surface area contributed by atoms with Gasteiger partial charge < -0.3 is 0 Å². The van der Waals surface area contributed by atoms with Crippen LogP contribution in [0.1, 0.15) is 6.92 Å². The number of allylic oxidation sites excluding steroid dienone is 1. The second-order valence-corrected chi connectivity index (χ2v) is 1.17. The maximum atomic E-state index is 3.91. The molecule has 0 fully saturated rings. The van der Waals surface area contributed by atoms with E-state index in [4.69, 9.17) is 0 Å². The van der Waals surface area contributed by atoms with Crippen LogP contribution in [0.5, 0.6) is 0 Å². The minimum Gasteiger partial charge on any atom is -0.293 e. The molecule has 0 amide bonds. The van der Waals surface area contributed by atoms with Crippen LogP contribution in [0.4, 0.5) is 0 Å². The Kier molecular flexibility index (Phi) is 5.38. The Hall–Kier alpha value is -0.920. The minimum absolute atomic E-state index is 0.821. The fraction of sp³-hybridized carbons (Fsp3) is 0.333. The van der Waals surface area contributed by atoms with Crippen molar-refractivity contribution < 1.29 is 0 Å². The molecule has 0 aliphatic rings. The molecule has 0 spiro atoms. The smallest absolute Gasteiger partial charge is 0.0360 e. The average Bonchev–Trinajstić information content (AvgIpc) is 1.81. The van der Waals surface area contributed by atoms with Crippen LogP contribution in [-0.2, 0) is 0 Å². The van der Waals surface area contributed by atoms with Crippen molar-refractivity contribution in [1.82, 2.24) is 0 Å². The summed E-state index contributed by atoms with van der Waals surface area (Å²) in [6.45, 7) is 6.06. The van der Waals surface area contributed by atoms with Crippen LogP contribution < -0.4 is 0 Å². The van der Waals surface area contributed by atoms with E-state index in [2.05, 4.69) is 16.7 Å². The molecular weight excluding hydrogens is 100 g/mol. The minimum atomic E-state index is 0.821. The second kappa shape index (κ2) is 6.08. The van der Waals surface area contributed by atoms with E-state index in [0.29, 0.717) is 0 Å². The van der Waals surface area contributed by atoms with Gasteiger partial charge in [0.2, 0.25) is 0 Å². The summed E-state index contributed by atoms with van der Waals surface area (Å²) in [7, 11) is 0. The quantitative estimate of drug-likeness (QED) is 0.489. The molecule has 0 bridgehead atoms. The van der Waals surface area contributed by atoms with E-state index in [0.717, 1.165) is 6.54 Å². The maximum absolute atomic E-state index is 3.91.